The molecule has 2 bridgehead atoms. The zero-order valence-electron chi connectivity index (χ0n) is 36.1. The summed E-state index contributed by atoms with van der Waals surface area (Å²) in [4.78, 5) is 64.6. The predicted octanol–water partition coefficient (Wildman–Crippen LogP) is 3.31. The van der Waals surface area contributed by atoms with Crippen LogP contribution < -0.4 is 5.73 Å². The number of hydrogen-bond acceptors (Lipinski definition) is 14. The van der Waals surface area contributed by atoms with Crippen LogP contribution in [-0.2, 0) is 49.5 Å². The second-order valence-corrected chi connectivity index (χ2v) is 17.1. The molecule has 0 aromatic heterocycles. The number of benzene rings is 1. The van der Waals surface area contributed by atoms with Crippen molar-refractivity contribution >= 4 is 35.0 Å². The van der Waals surface area contributed by atoms with Crippen molar-refractivity contribution in [3.8, 4) is 0 Å². The summed E-state index contributed by atoms with van der Waals surface area (Å²) in [6, 6.07) is 6.00. The molecule has 1 aromatic rings. The van der Waals surface area contributed by atoms with E-state index in [0.717, 1.165) is 6.92 Å². The number of likely N-dealkylation sites (N-methyl/N-ethyl adjacent to an activating group) is 1. The number of fused-ring (bicyclic) bond motifs is 5. The maximum absolute atomic E-state index is 16.9. The number of primary amides is 1. The van der Waals surface area contributed by atoms with Crippen LogP contribution >= 0.6 is 0 Å². The normalized spacial score (nSPS) is 39.2. The zero-order valence-corrected chi connectivity index (χ0v) is 36.1. The number of nitrogens with two attached hydrogens (primary N) is 1. The van der Waals surface area contributed by atoms with Gasteiger partial charge < -0.3 is 49.4 Å². The van der Waals surface area contributed by atoms with Crippen LogP contribution in [0, 0.1) is 17.8 Å². The summed E-state index contributed by atoms with van der Waals surface area (Å²) in [6.45, 7) is 12.8. The highest BCUT2D eigenvalue weighted by atomic mass is 19.1. The van der Waals surface area contributed by atoms with Gasteiger partial charge in [0.05, 0.1) is 37.1 Å². The molecular formula is C42H63FN4O12. The molecule has 3 fully saturated rings. The third-order valence-electron chi connectivity index (χ3n) is 11.8. The lowest BCUT2D eigenvalue weighted by Gasteiger charge is -2.47. The van der Waals surface area contributed by atoms with Gasteiger partial charge in [0.1, 0.15) is 30.1 Å². The van der Waals surface area contributed by atoms with Crippen molar-refractivity contribution in [3.05, 3.63) is 35.4 Å². The van der Waals surface area contributed by atoms with E-state index in [1.807, 2.05) is 11.8 Å². The van der Waals surface area contributed by atoms with Gasteiger partial charge >= 0.3 is 5.97 Å². The molecule has 0 saturated carbocycles. The average Bonchev–Trinajstić information content (AvgIpc) is 3.17. The lowest BCUT2D eigenvalue weighted by atomic mass is 9.73. The third-order valence-corrected chi connectivity index (χ3v) is 11.8. The van der Waals surface area contributed by atoms with Crippen LogP contribution in [0.3, 0.4) is 0 Å². The lowest BCUT2D eigenvalue weighted by molar-refractivity contribution is -0.296. The number of oxime groups is 1. The van der Waals surface area contributed by atoms with E-state index in [0.29, 0.717) is 23.3 Å². The van der Waals surface area contributed by atoms with Crippen LogP contribution in [0.4, 0.5) is 4.39 Å². The number of cyclic esters (lactones) is 1. The molecular weight excluding hydrogens is 771 g/mol. The van der Waals surface area contributed by atoms with Gasteiger partial charge in [-0.15, -0.1) is 0 Å². The Balaban J connectivity index is 1.95. The molecule has 3 heterocycles. The van der Waals surface area contributed by atoms with Gasteiger partial charge in [-0.2, -0.15) is 0 Å². The first kappa shape index (κ1) is 48.0. The highest BCUT2D eigenvalue weighted by molar-refractivity contribution is 6.08. The molecule has 0 radical (unpaired) electrons. The quantitative estimate of drug-likeness (QED) is 0.195. The maximum atomic E-state index is 16.9. The monoisotopic (exact) mass is 834 g/mol. The predicted molar refractivity (Wildman–Crippen MR) is 214 cm³/mol. The van der Waals surface area contributed by atoms with Crippen LogP contribution in [0.15, 0.2) is 34.4 Å². The molecule has 330 valence electrons. The van der Waals surface area contributed by atoms with Gasteiger partial charge in [0.25, 0.3) is 5.67 Å². The molecule has 3 aliphatic heterocycles. The van der Waals surface area contributed by atoms with E-state index < -0.39 is 101 Å². The van der Waals surface area contributed by atoms with Crippen LogP contribution in [0.25, 0.3) is 0 Å². The van der Waals surface area contributed by atoms with Gasteiger partial charge in [-0.1, -0.05) is 45.0 Å². The first-order valence-electron chi connectivity index (χ1n) is 20.2. The second-order valence-electron chi connectivity index (χ2n) is 17.1. The van der Waals surface area contributed by atoms with Gasteiger partial charge in [0.15, 0.2) is 12.1 Å². The number of halogens is 1. The minimum atomic E-state index is -3.23. The van der Waals surface area contributed by atoms with Gasteiger partial charge in [-0.25, -0.2) is 14.2 Å². The van der Waals surface area contributed by atoms with Crippen LogP contribution in [0.1, 0.15) is 97.5 Å². The number of aliphatic hydroxyl groups excluding tert-OH is 1. The number of Topliss-reactive ketones (excluding diaryl/α,β-unsaturated/α-hetero) is 1. The summed E-state index contributed by atoms with van der Waals surface area (Å²) < 4.78 is 48.5. The number of carbonyl (C=O) groups excluding carboxylic acids is 4. The number of ether oxygens (including phenoxy) is 5. The van der Waals surface area contributed by atoms with Crippen LogP contribution in [0.5, 0.6) is 0 Å². The van der Waals surface area contributed by atoms with Gasteiger partial charge in [-0.3, -0.25) is 14.4 Å². The van der Waals surface area contributed by atoms with Crippen molar-refractivity contribution in [1.29, 1.82) is 0 Å². The van der Waals surface area contributed by atoms with E-state index in [4.69, 9.17) is 34.3 Å². The van der Waals surface area contributed by atoms with Gasteiger partial charge in [-0.05, 0) is 84.7 Å². The molecule has 16 nitrogen and oxygen atoms in total. The highest BCUT2D eigenvalue weighted by Crippen LogP contribution is 2.41. The molecule has 2 amide bonds. The fourth-order valence-electron chi connectivity index (χ4n) is 8.57. The minimum Gasteiger partial charge on any atom is -0.457 e. The summed E-state index contributed by atoms with van der Waals surface area (Å²) >= 11 is 0. The van der Waals surface area contributed by atoms with Gasteiger partial charge in [0, 0.05) is 36.1 Å². The summed E-state index contributed by atoms with van der Waals surface area (Å²) in [5.41, 5.74) is -0.0330. The van der Waals surface area contributed by atoms with E-state index >= 15 is 4.39 Å². The number of aliphatic imine (C=N–C) groups is 1. The van der Waals surface area contributed by atoms with Crippen molar-refractivity contribution in [2.45, 2.75) is 148 Å². The molecule has 0 aliphatic carbocycles. The molecule has 0 spiro atoms. The molecule has 13 atom stereocenters. The van der Waals surface area contributed by atoms with Crippen molar-refractivity contribution in [1.82, 2.24) is 4.90 Å². The van der Waals surface area contributed by atoms with E-state index in [9.17, 15) is 29.4 Å². The van der Waals surface area contributed by atoms with E-state index in [2.05, 4.69) is 10.1 Å². The van der Waals surface area contributed by atoms with Crippen LogP contribution in [-0.4, -0.2) is 137 Å². The number of carbonyl (C=O) groups is 4. The first-order valence-corrected chi connectivity index (χ1v) is 20.2. The number of alkyl halides is 1. The molecule has 3 saturated heterocycles. The molecule has 1 aromatic carbocycles. The SMILES string of the molecule is CC[C@H]1OC(=O)[C@@](C)(F)C(=O)[C@H](C)[C@@H](O[C@@H]2O[C@H](C)C[C@H](N(C)C)[C@H]2O)[C@@]2(C)C[C@@H](C)C(=NC(C)=O)[C@H](C)[C@H](OC/C(=N\OCc3ccc(C(N)=O)cc3)CO2)[C@]1(C)O. The fraction of sp³-hybridized carbons (Fsp3) is 0.714. The summed E-state index contributed by atoms with van der Waals surface area (Å²) in [6.07, 6.45) is -6.60. The minimum absolute atomic E-state index is 0.0128. The summed E-state index contributed by atoms with van der Waals surface area (Å²) in [7, 11) is 3.61. The average molecular weight is 835 g/mol. The number of rotatable bonds is 8. The fourth-order valence-corrected chi connectivity index (χ4v) is 8.57. The Bertz CT molecular complexity index is 1740. The van der Waals surface area contributed by atoms with E-state index in [1.165, 1.54) is 20.8 Å². The Kier molecular flexibility index (Phi) is 15.7. The standard InChI is InChI=1S/C42H63FN4O12/c1-12-31-42(9,53)36-24(4)32(45-26(6)48)22(2)18-40(7,55-21-29(20-54-36)46-56-19-27-13-15-28(16-14-27)37(44)51)35(25(5)34(50)41(8,43)39(52)58-31)59-38-33(49)30(47(10)11)17-23(3)57-38/h13-16,22-25,30-31,33,35-36,38,49,53H,12,17-21H2,1-11H3,(H2,44,51)/b45-32?,46-29+/t22-,23-,24+,25+,30+,31-,33-,35-,36+,38+,40-,41+,42-/m1/s1. The number of nitrogens with zero attached hydrogens (tertiary/aromatic N) is 3. The van der Waals surface area contributed by atoms with Crippen molar-refractivity contribution in [2.24, 2.45) is 33.6 Å². The number of esters is 1. The Hall–Kier alpha value is -3.71. The number of aliphatic hydroxyl groups is 2. The first-order chi connectivity index (χ1) is 27.4. The summed E-state index contributed by atoms with van der Waals surface area (Å²) in [5.74, 6) is -6.77. The molecule has 4 rings (SSSR count). The number of hydrogen-bond donors (Lipinski definition) is 3. The maximum Gasteiger partial charge on any atom is 0.351 e. The van der Waals surface area contributed by atoms with E-state index in [1.54, 1.807) is 66.1 Å². The van der Waals surface area contributed by atoms with Gasteiger partial charge in [0.2, 0.25) is 11.8 Å². The van der Waals surface area contributed by atoms with E-state index in [-0.39, 0.29) is 38.4 Å². The Morgan fingerprint density at radius 3 is 2.27 bits per heavy atom. The molecule has 0 unspecified atom stereocenters. The molecule has 59 heavy (non-hydrogen) atoms. The summed E-state index contributed by atoms with van der Waals surface area (Å²) in [5, 5.41) is 28.3. The molecule has 3 aliphatic rings. The van der Waals surface area contributed by atoms with Crippen molar-refractivity contribution < 1.29 is 62.3 Å². The van der Waals surface area contributed by atoms with Crippen molar-refractivity contribution in [2.75, 3.05) is 27.3 Å². The number of ketones is 1. The smallest absolute Gasteiger partial charge is 0.351 e. The van der Waals surface area contributed by atoms with Crippen LogP contribution in [0.2, 0.25) is 0 Å². The zero-order chi connectivity index (χ0) is 44.2. The Morgan fingerprint density at radius 1 is 1.05 bits per heavy atom. The largest absolute Gasteiger partial charge is 0.457 e. The Labute approximate surface area is 345 Å². The molecule has 4 N–H and O–H groups in total. The third kappa shape index (κ3) is 11.0. The topological polar surface area (TPSA) is 218 Å². The van der Waals surface area contributed by atoms with Crippen molar-refractivity contribution in [3.63, 3.8) is 0 Å². The molecule has 17 heteroatoms. The second kappa shape index (κ2) is 19.3. The number of amides is 2. The highest BCUT2D eigenvalue weighted by Gasteiger charge is 2.56. The lowest BCUT2D eigenvalue weighted by Crippen LogP contribution is -2.61. The Morgan fingerprint density at radius 2 is 1.69 bits per heavy atom.